The second kappa shape index (κ2) is 7.49. The average molecular weight is 359 g/mol. The number of aliphatic hydroxyl groups excluding tert-OH is 1. The van der Waals surface area contributed by atoms with Crippen LogP contribution in [0.25, 0.3) is 22.5 Å². The molecule has 1 aromatic heterocycles. The third-order valence-electron chi connectivity index (χ3n) is 5.28. The Morgan fingerprint density at radius 3 is 2.19 bits per heavy atom. The zero-order valence-corrected chi connectivity index (χ0v) is 15.9. The van der Waals surface area contributed by atoms with Crippen molar-refractivity contribution in [2.75, 3.05) is 18.0 Å². The number of hydrogen-bond acceptors (Lipinski definition) is 4. The molecule has 4 nitrogen and oxygen atoms in total. The predicted octanol–water partition coefficient (Wildman–Crippen LogP) is 4.39. The fraction of sp³-hybridized carbons (Fsp3) is 0.304. The molecule has 3 aromatic rings. The van der Waals surface area contributed by atoms with Crippen LogP contribution >= 0.6 is 0 Å². The lowest BCUT2D eigenvalue weighted by Gasteiger charge is -2.31. The van der Waals surface area contributed by atoms with Gasteiger partial charge < -0.3 is 10.0 Å². The van der Waals surface area contributed by atoms with Crippen LogP contribution in [0.4, 0.5) is 5.82 Å². The minimum atomic E-state index is -0.293. The molecule has 0 radical (unpaired) electrons. The van der Waals surface area contributed by atoms with Gasteiger partial charge in [-0.15, -0.1) is 0 Å². The van der Waals surface area contributed by atoms with Gasteiger partial charge in [0.1, 0.15) is 5.82 Å². The largest absolute Gasteiger partial charge is 0.391 e. The molecule has 2 aromatic carbocycles. The summed E-state index contributed by atoms with van der Waals surface area (Å²) in [6.07, 6.45) is 3.39. The molecule has 0 spiro atoms. The van der Waals surface area contributed by atoms with Crippen molar-refractivity contribution >= 4 is 5.82 Å². The molecule has 0 bridgehead atoms. The number of nitrogens with zero attached hydrogens (tertiary/aromatic N) is 3. The van der Waals surface area contributed by atoms with Gasteiger partial charge in [-0.05, 0) is 37.8 Å². The monoisotopic (exact) mass is 359 g/mol. The van der Waals surface area contributed by atoms with Crippen molar-refractivity contribution in [1.82, 2.24) is 9.97 Å². The molecule has 1 atom stereocenters. The molecule has 1 aliphatic heterocycles. The molecular formula is C23H25N3O. The number of anilines is 1. The molecule has 1 fully saturated rings. The van der Waals surface area contributed by atoms with Crippen molar-refractivity contribution < 1.29 is 5.11 Å². The van der Waals surface area contributed by atoms with E-state index < -0.39 is 0 Å². The highest BCUT2D eigenvalue weighted by Crippen LogP contribution is 2.34. The molecule has 0 amide bonds. The Bertz CT molecular complexity index is 954. The molecule has 138 valence electrons. The fourth-order valence-corrected chi connectivity index (χ4v) is 3.76. The maximum absolute atomic E-state index is 10.1. The summed E-state index contributed by atoms with van der Waals surface area (Å²) < 4.78 is 0. The van der Waals surface area contributed by atoms with Crippen LogP contribution in [-0.4, -0.2) is 34.3 Å². The van der Waals surface area contributed by atoms with E-state index in [2.05, 4.69) is 43.0 Å². The zero-order chi connectivity index (χ0) is 18.8. The Hall–Kier alpha value is -2.72. The lowest BCUT2D eigenvalue weighted by atomic mass is 9.98. The van der Waals surface area contributed by atoms with Gasteiger partial charge in [-0.1, -0.05) is 48.5 Å². The average Bonchev–Trinajstić information content (AvgIpc) is 2.68. The van der Waals surface area contributed by atoms with Crippen molar-refractivity contribution in [2.24, 2.45) is 0 Å². The third kappa shape index (κ3) is 3.58. The summed E-state index contributed by atoms with van der Waals surface area (Å²) in [6.45, 7) is 5.73. The number of aryl methyl sites for hydroxylation is 2. The highest BCUT2D eigenvalue weighted by atomic mass is 16.3. The number of aliphatic hydroxyl groups is 1. The van der Waals surface area contributed by atoms with Gasteiger partial charge in [-0.2, -0.15) is 0 Å². The zero-order valence-electron chi connectivity index (χ0n) is 15.9. The number of β-amino-alcohol motifs (C(OH)–C–C–N with tert-alkyl or cyclic N) is 1. The van der Waals surface area contributed by atoms with Gasteiger partial charge >= 0.3 is 0 Å². The second-order valence-corrected chi connectivity index (χ2v) is 7.30. The summed E-state index contributed by atoms with van der Waals surface area (Å²) in [5, 5.41) is 10.1. The minimum Gasteiger partial charge on any atom is -0.391 e. The maximum atomic E-state index is 10.1. The highest BCUT2D eigenvalue weighted by molar-refractivity contribution is 5.81. The molecule has 2 heterocycles. The molecular weight excluding hydrogens is 334 g/mol. The van der Waals surface area contributed by atoms with E-state index in [0.29, 0.717) is 6.54 Å². The molecule has 0 saturated carbocycles. The van der Waals surface area contributed by atoms with E-state index in [1.165, 1.54) is 11.1 Å². The standard InChI is InChI=1S/C23H25N3O/c1-16-8-3-5-11-19(16)22-23(20-12-6-4-9-17(20)2)25-21(14-24-22)26-13-7-10-18(27)15-26/h3-6,8-9,11-12,14,18,27H,7,10,13,15H2,1-2H3. The molecule has 27 heavy (non-hydrogen) atoms. The van der Waals surface area contributed by atoms with Crippen LogP contribution in [0.15, 0.2) is 54.7 Å². The number of aromatic nitrogens is 2. The lowest BCUT2D eigenvalue weighted by molar-refractivity contribution is 0.154. The number of hydrogen-bond donors (Lipinski definition) is 1. The summed E-state index contributed by atoms with van der Waals surface area (Å²) in [5.74, 6) is 0.837. The first-order valence-electron chi connectivity index (χ1n) is 9.55. The number of piperidine rings is 1. The number of rotatable bonds is 3. The van der Waals surface area contributed by atoms with Crippen LogP contribution in [0.3, 0.4) is 0 Å². The highest BCUT2D eigenvalue weighted by Gasteiger charge is 2.22. The predicted molar refractivity (Wildman–Crippen MR) is 110 cm³/mol. The first-order valence-corrected chi connectivity index (χ1v) is 9.55. The van der Waals surface area contributed by atoms with E-state index >= 15 is 0 Å². The number of benzene rings is 2. The Morgan fingerprint density at radius 2 is 1.56 bits per heavy atom. The Balaban J connectivity index is 1.87. The maximum Gasteiger partial charge on any atom is 0.147 e. The van der Waals surface area contributed by atoms with Crippen molar-refractivity contribution in [3.63, 3.8) is 0 Å². The second-order valence-electron chi connectivity index (χ2n) is 7.30. The molecule has 1 N–H and O–H groups in total. The van der Waals surface area contributed by atoms with Crippen LogP contribution in [-0.2, 0) is 0 Å². The van der Waals surface area contributed by atoms with E-state index in [1.54, 1.807) is 0 Å². The van der Waals surface area contributed by atoms with Gasteiger partial charge in [0.25, 0.3) is 0 Å². The first-order chi connectivity index (χ1) is 13.1. The topological polar surface area (TPSA) is 49.2 Å². The van der Waals surface area contributed by atoms with Crippen molar-refractivity contribution in [3.8, 4) is 22.5 Å². The van der Waals surface area contributed by atoms with Gasteiger partial charge in [-0.3, -0.25) is 4.98 Å². The summed E-state index contributed by atoms with van der Waals surface area (Å²) in [7, 11) is 0. The van der Waals surface area contributed by atoms with E-state index in [9.17, 15) is 5.11 Å². The van der Waals surface area contributed by atoms with E-state index in [1.807, 2.05) is 30.5 Å². The molecule has 1 aliphatic rings. The van der Waals surface area contributed by atoms with Gasteiger partial charge in [0, 0.05) is 24.2 Å². The van der Waals surface area contributed by atoms with Crippen molar-refractivity contribution in [2.45, 2.75) is 32.8 Å². The first kappa shape index (κ1) is 17.7. The molecule has 0 aliphatic carbocycles. The Kier molecular flexibility index (Phi) is 4.90. The van der Waals surface area contributed by atoms with Crippen LogP contribution in [0.1, 0.15) is 24.0 Å². The lowest BCUT2D eigenvalue weighted by Crippen LogP contribution is -2.38. The third-order valence-corrected chi connectivity index (χ3v) is 5.28. The molecule has 4 rings (SSSR count). The van der Waals surface area contributed by atoms with Crippen LogP contribution in [0.2, 0.25) is 0 Å². The van der Waals surface area contributed by atoms with E-state index in [4.69, 9.17) is 9.97 Å². The van der Waals surface area contributed by atoms with Gasteiger partial charge in [0.05, 0.1) is 23.7 Å². The van der Waals surface area contributed by atoms with Crippen molar-refractivity contribution in [1.29, 1.82) is 0 Å². The normalized spacial score (nSPS) is 17.1. The SMILES string of the molecule is Cc1ccccc1-c1ncc(N2CCCC(O)C2)nc1-c1ccccc1C. The van der Waals surface area contributed by atoms with E-state index in [-0.39, 0.29) is 6.10 Å². The smallest absolute Gasteiger partial charge is 0.147 e. The quantitative estimate of drug-likeness (QED) is 0.753. The summed E-state index contributed by atoms with van der Waals surface area (Å²) in [6, 6.07) is 16.6. The molecule has 4 heteroatoms. The van der Waals surface area contributed by atoms with Gasteiger partial charge in [-0.25, -0.2) is 4.98 Å². The Morgan fingerprint density at radius 1 is 0.926 bits per heavy atom. The fourth-order valence-electron chi connectivity index (χ4n) is 3.76. The van der Waals surface area contributed by atoms with E-state index in [0.717, 1.165) is 47.7 Å². The Labute approximate surface area is 160 Å². The summed E-state index contributed by atoms with van der Waals surface area (Å²) in [4.78, 5) is 12.0. The van der Waals surface area contributed by atoms with Crippen LogP contribution < -0.4 is 4.90 Å². The van der Waals surface area contributed by atoms with Crippen LogP contribution in [0.5, 0.6) is 0 Å². The van der Waals surface area contributed by atoms with Gasteiger partial charge in [0.15, 0.2) is 0 Å². The minimum absolute atomic E-state index is 0.293. The van der Waals surface area contributed by atoms with Crippen molar-refractivity contribution in [3.05, 3.63) is 65.9 Å². The van der Waals surface area contributed by atoms with Crippen LogP contribution in [0, 0.1) is 13.8 Å². The van der Waals surface area contributed by atoms with Gasteiger partial charge in [0.2, 0.25) is 0 Å². The summed E-state index contributed by atoms with van der Waals surface area (Å²) >= 11 is 0. The molecule has 1 saturated heterocycles. The molecule has 1 unspecified atom stereocenters. The summed E-state index contributed by atoms with van der Waals surface area (Å²) in [5.41, 5.74) is 6.38.